The molecule has 1 aromatic heterocycles. The molecular weight excluding hydrogens is 410 g/mol. The average molecular weight is 425 g/mol. The predicted octanol–water partition coefficient (Wildman–Crippen LogP) is 3.45. The summed E-state index contributed by atoms with van der Waals surface area (Å²) < 4.78 is 51.7. The molecule has 0 atom stereocenters. The van der Waals surface area contributed by atoms with Crippen LogP contribution in [0.15, 0.2) is 42.6 Å². The molecule has 0 aliphatic rings. The van der Waals surface area contributed by atoms with Crippen LogP contribution in [0.4, 0.5) is 8.78 Å². The van der Waals surface area contributed by atoms with Crippen LogP contribution in [0.3, 0.4) is 0 Å². The fourth-order valence-electron chi connectivity index (χ4n) is 2.85. The van der Waals surface area contributed by atoms with Crippen LogP contribution < -0.4 is 4.72 Å². The van der Waals surface area contributed by atoms with Crippen molar-refractivity contribution < 1.29 is 22.0 Å². The summed E-state index contributed by atoms with van der Waals surface area (Å²) >= 11 is 6.21. The summed E-state index contributed by atoms with van der Waals surface area (Å²) in [6, 6.07) is 9.02. The van der Waals surface area contributed by atoms with Gasteiger partial charge in [-0.05, 0) is 48.7 Å². The molecule has 1 N–H and O–H groups in total. The van der Waals surface area contributed by atoms with Crippen molar-refractivity contribution in [2.75, 3.05) is 6.54 Å². The van der Waals surface area contributed by atoms with Gasteiger partial charge in [0.15, 0.2) is 17.4 Å². The van der Waals surface area contributed by atoms with Crippen molar-refractivity contribution in [1.82, 2.24) is 9.71 Å². The zero-order chi connectivity index (χ0) is 20.3. The van der Waals surface area contributed by atoms with Crippen LogP contribution in [0.2, 0.25) is 5.02 Å². The number of fused-ring (bicyclic) bond motifs is 1. The minimum absolute atomic E-state index is 0.120. The molecule has 0 aliphatic carbocycles. The van der Waals surface area contributed by atoms with Crippen LogP contribution >= 0.6 is 11.6 Å². The molecule has 3 aromatic rings. The number of pyridine rings is 1. The summed E-state index contributed by atoms with van der Waals surface area (Å²) in [5.74, 6) is -3.24. The minimum atomic E-state index is -2.74. The van der Waals surface area contributed by atoms with E-state index in [9.17, 15) is 22.0 Å². The van der Waals surface area contributed by atoms with Gasteiger partial charge in [-0.25, -0.2) is 21.9 Å². The third kappa shape index (κ3) is 4.35. The fourth-order valence-corrected chi connectivity index (χ4v) is 3.51. The molecule has 146 valence electrons. The molecule has 2 aromatic carbocycles. The number of halogens is 3. The van der Waals surface area contributed by atoms with Crippen molar-refractivity contribution >= 4 is 39.2 Å². The lowest BCUT2D eigenvalue weighted by Gasteiger charge is -2.12. The number of rotatable bonds is 7. The normalized spacial score (nSPS) is 11.3. The van der Waals surface area contributed by atoms with Crippen molar-refractivity contribution in [3.05, 3.63) is 75.9 Å². The van der Waals surface area contributed by atoms with Gasteiger partial charge in [0.25, 0.3) is 0 Å². The topological polar surface area (TPSA) is 76.1 Å². The summed E-state index contributed by atoms with van der Waals surface area (Å²) in [7, 11) is -2.74. The first-order valence-corrected chi connectivity index (χ1v) is 9.87. The standard InChI is InChI=1S/C19H15ClF2N2O3S/c20-17-12(4-2-8-24-28(26)27)10-14(21)18(22)16(17)19(25)13-5-6-15-11(9-13)3-1-7-23-15/h1,3,5-7,9-10,28H,2,4,8H2,(H,24,26,27). The number of thiol groups is 1. The van der Waals surface area contributed by atoms with Crippen molar-refractivity contribution in [2.24, 2.45) is 0 Å². The van der Waals surface area contributed by atoms with Gasteiger partial charge in [0.2, 0.25) is 10.9 Å². The van der Waals surface area contributed by atoms with Crippen LogP contribution in [0.5, 0.6) is 0 Å². The van der Waals surface area contributed by atoms with Gasteiger partial charge >= 0.3 is 0 Å². The second-order valence-corrected chi connectivity index (χ2v) is 7.24. The molecule has 0 unspecified atom stereocenters. The van der Waals surface area contributed by atoms with E-state index in [1.165, 1.54) is 6.07 Å². The molecule has 3 rings (SSSR count). The zero-order valence-corrected chi connectivity index (χ0v) is 16.1. The third-order valence-electron chi connectivity index (χ3n) is 4.19. The molecule has 0 aliphatic heterocycles. The molecule has 0 bridgehead atoms. The Morgan fingerprint density at radius 1 is 1.18 bits per heavy atom. The van der Waals surface area contributed by atoms with E-state index in [-0.39, 0.29) is 29.1 Å². The smallest absolute Gasteiger partial charge is 0.201 e. The summed E-state index contributed by atoms with van der Waals surface area (Å²) in [6.45, 7) is 0.120. The second kappa shape index (κ2) is 8.72. The average Bonchev–Trinajstić information content (AvgIpc) is 2.68. The number of hydrogen-bond acceptors (Lipinski definition) is 4. The zero-order valence-electron chi connectivity index (χ0n) is 14.4. The molecule has 28 heavy (non-hydrogen) atoms. The van der Waals surface area contributed by atoms with E-state index in [1.807, 2.05) is 0 Å². The molecule has 0 spiro atoms. The highest BCUT2D eigenvalue weighted by Crippen LogP contribution is 2.30. The minimum Gasteiger partial charge on any atom is -0.288 e. The Labute approximate surface area is 166 Å². The Hall–Kier alpha value is -2.42. The summed E-state index contributed by atoms with van der Waals surface area (Å²) in [4.78, 5) is 17.0. The van der Waals surface area contributed by atoms with Gasteiger partial charge in [0.05, 0.1) is 16.1 Å². The van der Waals surface area contributed by atoms with Gasteiger partial charge in [-0.3, -0.25) is 9.78 Å². The number of ketones is 1. The van der Waals surface area contributed by atoms with Crippen LogP contribution in [-0.2, 0) is 17.3 Å². The number of carbonyl (C=O) groups excluding carboxylic acids is 1. The van der Waals surface area contributed by atoms with Gasteiger partial charge in [-0.1, -0.05) is 17.7 Å². The SMILES string of the molecule is O=C(c1ccc2ncccc2c1)c1c(F)c(F)cc(CCCN[SH](=O)=O)c1Cl. The quantitative estimate of drug-likeness (QED) is 0.263. The van der Waals surface area contributed by atoms with Crippen molar-refractivity contribution in [1.29, 1.82) is 0 Å². The molecule has 0 saturated carbocycles. The molecule has 0 fully saturated rings. The Kier molecular flexibility index (Phi) is 6.33. The van der Waals surface area contributed by atoms with Crippen LogP contribution in [0, 0.1) is 11.6 Å². The molecule has 9 heteroatoms. The largest absolute Gasteiger partial charge is 0.288 e. The van der Waals surface area contributed by atoms with Gasteiger partial charge in [-0.2, -0.15) is 0 Å². The Bertz CT molecular complexity index is 1130. The van der Waals surface area contributed by atoms with E-state index >= 15 is 0 Å². The van der Waals surface area contributed by atoms with Crippen LogP contribution in [0.1, 0.15) is 27.9 Å². The molecule has 0 radical (unpaired) electrons. The number of hydrogen-bond donors (Lipinski definition) is 2. The lowest BCUT2D eigenvalue weighted by molar-refractivity contribution is 0.103. The van der Waals surface area contributed by atoms with Gasteiger partial charge in [-0.15, -0.1) is 0 Å². The molecule has 1 heterocycles. The predicted molar refractivity (Wildman–Crippen MR) is 103 cm³/mol. The van der Waals surface area contributed by atoms with E-state index in [0.717, 1.165) is 6.07 Å². The Morgan fingerprint density at radius 3 is 2.71 bits per heavy atom. The molecule has 0 amide bonds. The number of nitrogens with one attached hydrogen (secondary N) is 1. The fraction of sp³-hybridized carbons (Fsp3) is 0.158. The van der Waals surface area contributed by atoms with E-state index in [0.29, 0.717) is 17.3 Å². The number of aryl methyl sites for hydroxylation is 1. The van der Waals surface area contributed by atoms with Gasteiger partial charge in [0.1, 0.15) is 0 Å². The molecule has 0 saturated heterocycles. The maximum atomic E-state index is 14.4. The maximum Gasteiger partial charge on any atom is 0.201 e. The summed E-state index contributed by atoms with van der Waals surface area (Å²) in [5.41, 5.74) is 0.509. The maximum absolute atomic E-state index is 14.4. The van der Waals surface area contributed by atoms with Crippen molar-refractivity contribution in [3.63, 3.8) is 0 Å². The molecular formula is C19H15ClF2N2O3S. The third-order valence-corrected chi connectivity index (χ3v) is 5.10. The van der Waals surface area contributed by atoms with E-state index in [1.54, 1.807) is 30.5 Å². The highest BCUT2D eigenvalue weighted by atomic mass is 35.5. The van der Waals surface area contributed by atoms with E-state index in [4.69, 9.17) is 11.6 Å². The highest BCUT2D eigenvalue weighted by Gasteiger charge is 2.24. The first-order chi connectivity index (χ1) is 13.4. The first-order valence-electron chi connectivity index (χ1n) is 8.32. The first kappa shape index (κ1) is 20.3. The second-order valence-electron chi connectivity index (χ2n) is 6.03. The summed E-state index contributed by atoms with van der Waals surface area (Å²) in [5, 5.41) is 0.501. The lowest BCUT2D eigenvalue weighted by Crippen LogP contribution is -2.14. The van der Waals surface area contributed by atoms with Gasteiger partial charge in [0, 0.05) is 23.7 Å². The Balaban J connectivity index is 1.95. The summed E-state index contributed by atoms with van der Waals surface area (Å²) in [6.07, 6.45) is 2.09. The van der Waals surface area contributed by atoms with Crippen molar-refractivity contribution in [3.8, 4) is 0 Å². The lowest BCUT2D eigenvalue weighted by atomic mass is 9.97. The van der Waals surface area contributed by atoms with E-state index in [2.05, 4.69) is 9.71 Å². The van der Waals surface area contributed by atoms with Crippen molar-refractivity contribution in [2.45, 2.75) is 12.8 Å². The Morgan fingerprint density at radius 2 is 1.96 bits per heavy atom. The van der Waals surface area contributed by atoms with Crippen LogP contribution in [0.25, 0.3) is 10.9 Å². The number of benzene rings is 2. The van der Waals surface area contributed by atoms with Crippen LogP contribution in [-0.4, -0.2) is 25.7 Å². The molecule has 5 nitrogen and oxygen atoms in total. The number of aromatic nitrogens is 1. The number of nitrogens with zero attached hydrogens (tertiary/aromatic N) is 1. The highest BCUT2D eigenvalue weighted by molar-refractivity contribution is 7.70. The number of carbonyl (C=O) groups is 1. The van der Waals surface area contributed by atoms with Gasteiger partial charge < -0.3 is 0 Å². The van der Waals surface area contributed by atoms with E-state index < -0.39 is 33.9 Å². The monoisotopic (exact) mass is 424 g/mol.